The predicted octanol–water partition coefficient (Wildman–Crippen LogP) is 5.44. The lowest BCUT2D eigenvalue weighted by molar-refractivity contribution is -0.384. The lowest BCUT2D eigenvalue weighted by atomic mass is 10.1. The maximum Gasteiger partial charge on any atom is 0.270 e. The van der Waals surface area contributed by atoms with E-state index in [1.807, 2.05) is 47.9 Å². The number of benzene rings is 3. The number of nitrogens with one attached hydrogen (secondary N) is 1. The molecule has 0 saturated carbocycles. The minimum Gasteiger partial charge on any atom is -0.272 e. The van der Waals surface area contributed by atoms with Crippen molar-refractivity contribution in [1.82, 2.24) is 20.2 Å². The first-order chi connectivity index (χ1) is 17.3. The number of aromatic nitrogens is 3. The van der Waals surface area contributed by atoms with Crippen molar-refractivity contribution in [3.63, 3.8) is 0 Å². The first kappa shape index (κ1) is 25.1. The number of hydrogen-bond donors (Lipinski definition) is 1. The fraction of sp³-hybridized carbons (Fsp3) is 0.120. The van der Waals surface area contributed by atoms with Crippen molar-refractivity contribution in [2.75, 3.05) is 5.75 Å². The van der Waals surface area contributed by atoms with Gasteiger partial charge in [-0.2, -0.15) is 5.10 Å². The topological polar surface area (TPSA) is 115 Å². The molecule has 1 aromatic heterocycles. The fourth-order valence-corrected chi connectivity index (χ4v) is 4.16. The second-order valence-corrected chi connectivity index (χ2v) is 9.19. The molecule has 0 atom stereocenters. The van der Waals surface area contributed by atoms with Gasteiger partial charge in [0.2, 0.25) is 0 Å². The minimum absolute atomic E-state index is 0.0331. The Morgan fingerprint density at radius 2 is 1.83 bits per heavy atom. The van der Waals surface area contributed by atoms with E-state index in [1.54, 1.807) is 31.2 Å². The normalized spacial score (nSPS) is 11.4. The summed E-state index contributed by atoms with van der Waals surface area (Å²) in [7, 11) is 0. The van der Waals surface area contributed by atoms with Gasteiger partial charge < -0.3 is 0 Å². The number of non-ortho nitro benzene ring substituents is 1. The van der Waals surface area contributed by atoms with Gasteiger partial charge in [0.05, 0.1) is 16.4 Å². The highest BCUT2D eigenvalue weighted by atomic mass is 35.5. The van der Waals surface area contributed by atoms with Crippen molar-refractivity contribution >= 4 is 40.7 Å². The Bertz CT molecular complexity index is 1440. The molecule has 1 heterocycles. The summed E-state index contributed by atoms with van der Waals surface area (Å²) in [4.78, 5) is 23.0. The molecule has 0 aliphatic rings. The van der Waals surface area contributed by atoms with E-state index >= 15 is 0 Å². The van der Waals surface area contributed by atoms with Crippen LogP contribution in [-0.4, -0.2) is 37.1 Å². The smallest absolute Gasteiger partial charge is 0.270 e. The molecule has 0 saturated heterocycles. The number of nitro groups is 1. The monoisotopic (exact) mass is 520 g/mol. The summed E-state index contributed by atoms with van der Waals surface area (Å²) in [6, 6.07) is 21.3. The minimum atomic E-state index is -0.478. The molecule has 0 bridgehead atoms. The maximum atomic E-state index is 12.5. The zero-order valence-corrected chi connectivity index (χ0v) is 21.0. The molecule has 182 valence electrons. The molecule has 4 aromatic rings. The van der Waals surface area contributed by atoms with Gasteiger partial charge in [0.15, 0.2) is 11.0 Å². The van der Waals surface area contributed by atoms with Crippen LogP contribution >= 0.6 is 23.4 Å². The number of carbonyl (C=O) groups is 1. The molecule has 0 spiro atoms. The van der Waals surface area contributed by atoms with E-state index in [1.165, 1.54) is 23.9 Å². The molecule has 1 amide bonds. The Morgan fingerprint density at radius 1 is 1.11 bits per heavy atom. The van der Waals surface area contributed by atoms with Crippen LogP contribution in [0.15, 0.2) is 83.1 Å². The lowest BCUT2D eigenvalue weighted by Gasteiger charge is -2.10. The summed E-state index contributed by atoms with van der Waals surface area (Å²) in [5.74, 6) is 0.317. The van der Waals surface area contributed by atoms with Crippen molar-refractivity contribution in [1.29, 1.82) is 0 Å². The second-order valence-electron chi connectivity index (χ2n) is 7.81. The predicted molar refractivity (Wildman–Crippen MR) is 141 cm³/mol. The molecule has 9 nitrogen and oxygen atoms in total. The summed E-state index contributed by atoms with van der Waals surface area (Å²) in [5.41, 5.74) is 6.26. The molecule has 3 aromatic carbocycles. The van der Waals surface area contributed by atoms with E-state index in [9.17, 15) is 14.9 Å². The number of nitro benzene ring substituents is 1. The average molecular weight is 521 g/mol. The molecular weight excluding hydrogens is 500 g/mol. The number of nitrogens with zero attached hydrogens (tertiary/aromatic N) is 5. The van der Waals surface area contributed by atoms with E-state index in [4.69, 9.17) is 11.6 Å². The van der Waals surface area contributed by atoms with Gasteiger partial charge in [-0.05, 0) is 38.1 Å². The summed E-state index contributed by atoms with van der Waals surface area (Å²) in [6.45, 7) is 3.67. The van der Waals surface area contributed by atoms with Crippen molar-refractivity contribution in [3.8, 4) is 17.1 Å². The Balaban J connectivity index is 1.52. The van der Waals surface area contributed by atoms with Gasteiger partial charge in [-0.1, -0.05) is 65.3 Å². The third kappa shape index (κ3) is 5.96. The van der Waals surface area contributed by atoms with Gasteiger partial charge in [0.25, 0.3) is 11.6 Å². The number of hydrazone groups is 1. The van der Waals surface area contributed by atoms with E-state index in [0.717, 1.165) is 16.8 Å². The summed E-state index contributed by atoms with van der Waals surface area (Å²) in [5, 5.41) is 24.9. The molecule has 11 heteroatoms. The Hall–Kier alpha value is -4.02. The molecular formula is C25H21ClN6O3S. The van der Waals surface area contributed by atoms with Crippen LogP contribution in [0.1, 0.15) is 18.1 Å². The largest absolute Gasteiger partial charge is 0.272 e. The number of carbonyl (C=O) groups excluding carboxylic acids is 1. The zero-order valence-electron chi connectivity index (χ0n) is 19.4. The van der Waals surface area contributed by atoms with Crippen molar-refractivity contribution < 1.29 is 9.72 Å². The fourth-order valence-electron chi connectivity index (χ4n) is 3.29. The first-order valence-electron chi connectivity index (χ1n) is 10.8. The summed E-state index contributed by atoms with van der Waals surface area (Å²) >= 11 is 7.29. The van der Waals surface area contributed by atoms with Crippen LogP contribution in [0.2, 0.25) is 5.02 Å². The van der Waals surface area contributed by atoms with Crippen LogP contribution in [0, 0.1) is 17.0 Å². The number of hydrogen-bond acceptors (Lipinski definition) is 7. The molecule has 0 radical (unpaired) electrons. The van der Waals surface area contributed by atoms with Gasteiger partial charge in [-0.15, -0.1) is 10.2 Å². The number of thioether (sulfide) groups is 1. The van der Waals surface area contributed by atoms with Gasteiger partial charge >= 0.3 is 0 Å². The van der Waals surface area contributed by atoms with Gasteiger partial charge in [0, 0.05) is 34.0 Å². The molecule has 0 unspecified atom stereocenters. The Morgan fingerprint density at radius 3 is 2.53 bits per heavy atom. The first-order valence-corrected chi connectivity index (χ1v) is 12.2. The molecule has 0 aliphatic carbocycles. The van der Waals surface area contributed by atoms with E-state index in [-0.39, 0.29) is 17.3 Å². The van der Waals surface area contributed by atoms with Crippen molar-refractivity contribution in [3.05, 3.63) is 99.1 Å². The molecule has 36 heavy (non-hydrogen) atoms. The quantitative estimate of drug-likeness (QED) is 0.143. The van der Waals surface area contributed by atoms with Gasteiger partial charge in [-0.25, -0.2) is 5.43 Å². The SMILES string of the molecule is C/C(=N\NC(=O)CSc1nnc(-c2ccc(C)cc2)n1-c1ccc(Cl)cc1)c1cccc([N+](=O)[O-])c1. The Kier molecular flexibility index (Phi) is 7.77. The lowest BCUT2D eigenvalue weighted by Crippen LogP contribution is -2.21. The van der Waals surface area contributed by atoms with Crippen LogP contribution < -0.4 is 5.43 Å². The number of aryl methyl sites for hydroxylation is 1. The van der Waals surface area contributed by atoms with Crippen LogP contribution in [-0.2, 0) is 4.79 Å². The molecule has 0 aliphatic heterocycles. The van der Waals surface area contributed by atoms with E-state index in [0.29, 0.717) is 27.3 Å². The summed E-state index contributed by atoms with van der Waals surface area (Å²) < 4.78 is 1.87. The van der Waals surface area contributed by atoms with Crippen LogP contribution in [0.5, 0.6) is 0 Å². The molecule has 0 fully saturated rings. The third-order valence-electron chi connectivity index (χ3n) is 5.18. The molecule has 1 N–H and O–H groups in total. The highest BCUT2D eigenvalue weighted by Gasteiger charge is 2.17. The Labute approximate surface area is 216 Å². The van der Waals surface area contributed by atoms with E-state index < -0.39 is 4.92 Å². The highest BCUT2D eigenvalue weighted by Crippen LogP contribution is 2.28. The van der Waals surface area contributed by atoms with Crippen molar-refractivity contribution in [2.24, 2.45) is 5.10 Å². The maximum absolute atomic E-state index is 12.5. The van der Waals surface area contributed by atoms with Crippen LogP contribution in [0.25, 0.3) is 17.1 Å². The zero-order chi connectivity index (χ0) is 25.7. The van der Waals surface area contributed by atoms with Crippen molar-refractivity contribution in [2.45, 2.75) is 19.0 Å². The standard InChI is InChI=1S/C25H21ClN6O3S/c1-16-6-8-18(9-7-16)24-29-30-25(31(24)21-12-10-20(26)11-13-21)36-15-23(33)28-27-17(2)19-4-3-5-22(14-19)32(34)35/h3-14H,15H2,1-2H3,(H,28,33)/b27-17+. The van der Waals surface area contributed by atoms with Crippen LogP contribution in [0.3, 0.4) is 0 Å². The van der Waals surface area contributed by atoms with Gasteiger partial charge in [0.1, 0.15) is 0 Å². The van der Waals surface area contributed by atoms with E-state index in [2.05, 4.69) is 20.7 Å². The number of rotatable bonds is 8. The summed E-state index contributed by atoms with van der Waals surface area (Å²) in [6.07, 6.45) is 0. The number of amides is 1. The third-order valence-corrected chi connectivity index (χ3v) is 6.36. The second kappa shape index (κ2) is 11.1. The highest BCUT2D eigenvalue weighted by molar-refractivity contribution is 7.99. The average Bonchev–Trinajstić information content (AvgIpc) is 3.31. The molecule has 4 rings (SSSR count). The number of halogens is 1. The van der Waals surface area contributed by atoms with Gasteiger partial charge in [-0.3, -0.25) is 19.5 Å². The van der Waals surface area contributed by atoms with Crippen LogP contribution in [0.4, 0.5) is 5.69 Å².